The van der Waals surface area contributed by atoms with Crippen LogP contribution in [-0.4, -0.2) is 5.78 Å². The average Bonchev–Trinajstić information content (AvgIpc) is 2.38. The van der Waals surface area contributed by atoms with Crippen molar-refractivity contribution in [2.75, 3.05) is 0 Å². The second-order valence-electron chi connectivity index (χ2n) is 4.24. The van der Waals surface area contributed by atoms with E-state index < -0.39 is 0 Å². The van der Waals surface area contributed by atoms with E-state index in [0.717, 1.165) is 29.3 Å². The minimum atomic E-state index is 0.179. The molecule has 1 aliphatic rings. The molecular weight excluding hydrogens is 276 g/mol. The SMILES string of the molecule is O=C(C=Cc1ccccc1Br)C1CC=CCC1. The maximum atomic E-state index is 11.9. The summed E-state index contributed by atoms with van der Waals surface area (Å²) in [6.45, 7) is 0. The Morgan fingerprint density at radius 1 is 1.29 bits per heavy atom. The van der Waals surface area contributed by atoms with Crippen LogP contribution in [0.5, 0.6) is 0 Å². The number of hydrogen-bond donors (Lipinski definition) is 0. The van der Waals surface area contributed by atoms with Gasteiger partial charge in [0.05, 0.1) is 0 Å². The number of carbonyl (C=O) groups excluding carboxylic acids is 1. The highest BCUT2D eigenvalue weighted by atomic mass is 79.9. The number of rotatable bonds is 3. The molecule has 1 aromatic carbocycles. The predicted octanol–water partition coefficient (Wildman–Crippen LogP) is 4.39. The summed E-state index contributed by atoms with van der Waals surface area (Å²) in [6.07, 6.45) is 10.8. The zero-order valence-corrected chi connectivity index (χ0v) is 11.2. The second kappa shape index (κ2) is 5.97. The number of hydrogen-bond acceptors (Lipinski definition) is 1. The molecule has 0 aliphatic heterocycles. The molecule has 0 saturated heterocycles. The molecule has 88 valence electrons. The van der Waals surface area contributed by atoms with Gasteiger partial charge in [-0.25, -0.2) is 0 Å². The first kappa shape index (κ1) is 12.3. The van der Waals surface area contributed by atoms with Gasteiger partial charge in [-0.2, -0.15) is 0 Å². The van der Waals surface area contributed by atoms with Gasteiger partial charge in [0.25, 0.3) is 0 Å². The van der Waals surface area contributed by atoms with E-state index in [2.05, 4.69) is 28.1 Å². The van der Waals surface area contributed by atoms with E-state index in [9.17, 15) is 4.79 Å². The summed E-state index contributed by atoms with van der Waals surface area (Å²) in [7, 11) is 0. The Morgan fingerprint density at radius 3 is 2.82 bits per heavy atom. The molecule has 1 atom stereocenters. The summed E-state index contributed by atoms with van der Waals surface area (Å²) < 4.78 is 1.02. The Labute approximate surface area is 110 Å². The topological polar surface area (TPSA) is 17.1 Å². The minimum Gasteiger partial charge on any atom is -0.295 e. The van der Waals surface area contributed by atoms with Crippen LogP contribution in [0.3, 0.4) is 0 Å². The Bertz CT molecular complexity index is 460. The normalized spacial score (nSPS) is 19.7. The van der Waals surface area contributed by atoms with Crippen LogP contribution >= 0.6 is 15.9 Å². The van der Waals surface area contributed by atoms with Crippen molar-refractivity contribution in [2.24, 2.45) is 5.92 Å². The van der Waals surface area contributed by atoms with Crippen molar-refractivity contribution in [2.45, 2.75) is 19.3 Å². The summed E-state index contributed by atoms with van der Waals surface area (Å²) in [5.41, 5.74) is 1.05. The standard InChI is InChI=1S/C15H15BrO/c16-14-9-5-4-6-12(14)10-11-15(17)13-7-2-1-3-8-13/h1-2,4-6,9-11,13H,3,7-8H2. The van der Waals surface area contributed by atoms with Crippen LogP contribution in [0.1, 0.15) is 24.8 Å². The van der Waals surface area contributed by atoms with Crippen LogP contribution in [0.15, 0.2) is 47.0 Å². The molecule has 0 radical (unpaired) electrons. The van der Waals surface area contributed by atoms with E-state index in [1.807, 2.05) is 30.3 Å². The molecule has 1 aromatic rings. The zero-order valence-electron chi connectivity index (χ0n) is 9.60. The summed E-state index contributed by atoms with van der Waals surface area (Å²) in [5, 5.41) is 0. The van der Waals surface area contributed by atoms with Gasteiger partial charge in [0.1, 0.15) is 0 Å². The Hall–Kier alpha value is -1.15. The highest BCUT2D eigenvalue weighted by molar-refractivity contribution is 9.10. The van der Waals surface area contributed by atoms with Crippen LogP contribution < -0.4 is 0 Å². The van der Waals surface area contributed by atoms with Crippen LogP contribution in [-0.2, 0) is 4.79 Å². The summed E-state index contributed by atoms with van der Waals surface area (Å²) in [6, 6.07) is 7.91. The smallest absolute Gasteiger partial charge is 0.159 e. The van der Waals surface area contributed by atoms with Gasteiger partial charge >= 0.3 is 0 Å². The number of carbonyl (C=O) groups is 1. The quantitative estimate of drug-likeness (QED) is 0.596. The molecule has 1 unspecified atom stereocenters. The van der Waals surface area contributed by atoms with Crippen molar-refractivity contribution in [1.82, 2.24) is 0 Å². The number of ketones is 1. The molecule has 0 fully saturated rings. The second-order valence-corrected chi connectivity index (χ2v) is 5.09. The predicted molar refractivity (Wildman–Crippen MR) is 74.7 cm³/mol. The molecule has 0 aromatic heterocycles. The lowest BCUT2D eigenvalue weighted by Gasteiger charge is -2.13. The van der Waals surface area contributed by atoms with Crippen LogP contribution in [0.4, 0.5) is 0 Å². The number of benzene rings is 1. The minimum absolute atomic E-state index is 0.179. The lowest BCUT2D eigenvalue weighted by Crippen LogP contribution is -2.12. The highest BCUT2D eigenvalue weighted by Crippen LogP contribution is 2.21. The van der Waals surface area contributed by atoms with E-state index in [1.54, 1.807) is 6.08 Å². The average molecular weight is 291 g/mol. The monoisotopic (exact) mass is 290 g/mol. The number of allylic oxidation sites excluding steroid dienone is 3. The Balaban J connectivity index is 2.03. The molecule has 2 heteroatoms. The summed E-state index contributed by atoms with van der Waals surface area (Å²) in [4.78, 5) is 11.9. The fourth-order valence-corrected chi connectivity index (χ4v) is 2.39. The fraction of sp³-hybridized carbons (Fsp3) is 0.267. The molecule has 0 N–H and O–H groups in total. The van der Waals surface area contributed by atoms with Crippen molar-refractivity contribution in [3.8, 4) is 0 Å². The highest BCUT2D eigenvalue weighted by Gasteiger charge is 2.15. The Morgan fingerprint density at radius 2 is 2.12 bits per heavy atom. The molecular formula is C15H15BrO. The fourth-order valence-electron chi connectivity index (χ4n) is 1.97. The number of halogens is 1. The molecule has 0 spiro atoms. The van der Waals surface area contributed by atoms with Gasteiger partial charge in [-0.15, -0.1) is 0 Å². The maximum absolute atomic E-state index is 11.9. The van der Waals surface area contributed by atoms with Gasteiger partial charge in [0.15, 0.2) is 5.78 Å². The van der Waals surface area contributed by atoms with Crippen molar-refractivity contribution in [3.63, 3.8) is 0 Å². The lowest BCUT2D eigenvalue weighted by atomic mass is 9.90. The van der Waals surface area contributed by atoms with Crippen LogP contribution in [0.2, 0.25) is 0 Å². The lowest BCUT2D eigenvalue weighted by molar-refractivity contribution is -0.118. The van der Waals surface area contributed by atoms with Gasteiger partial charge in [-0.1, -0.05) is 52.4 Å². The molecule has 17 heavy (non-hydrogen) atoms. The maximum Gasteiger partial charge on any atom is 0.159 e. The van der Waals surface area contributed by atoms with Crippen molar-refractivity contribution >= 4 is 27.8 Å². The van der Waals surface area contributed by atoms with E-state index in [4.69, 9.17) is 0 Å². The van der Waals surface area contributed by atoms with E-state index in [-0.39, 0.29) is 11.7 Å². The molecule has 0 bridgehead atoms. The molecule has 0 saturated carbocycles. The molecule has 0 heterocycles. The van der Waals surface area contributed by atoms with Gasteiger partial charge in [-0.05, 0) is 37.0 Å². The summed E-state index contributed by atoms with van der Waals surface area (Å²) >= 11 is 3.47. The van der Waals surface area contributed by atoms with Crippen LogP contribution in [0, 0.1) is 5.92 Å². The molecule has 1 aliphatic carbocycles. The van der Waals surface area contributed by atoms with E-state index in [1.165, 1.54) is 0 Å². The first-order valence-corrected chi connectivity index (χ1v) is 6.68. The zero-order chi connectivity index (χ0) is 12.1. The molecule has 0 amide bonds. The summed E-state index contributed by atoms with van der Waals surface area (Å²) in [5.74, 6) is 0.420. The molecule has 2 rings (SSSR count). The van der Waals surface area contributed by atoms with Crippen molar-refractivity contribution in [3.05, 3.63) is 52.5 Å². The molecule has 1 nitrogen and oxygen atoms in total. The third kappa shape index (κ3) is 3.40. The van der Waals surface area contributed by atoms with Gasteiger partial charge in [-0.3, -0.25) is 4.79 Å². The third-order valence-electron chi connectivity index (χ3n) is 3.00. The first-order chi connectivity index (χ1) is 8.27. The third-order valence-corrected chi connectivity index (χ3v) is 3.73. The van der Waals surface area contributed by atoms with Crippen molar-refractivity contribution < 1.29 is 4.79 Å². The van der Waals surface area contributed by atoms with Gasteiger partial charge in [0.2, 0.25) is 0 Å². The van der Waals surface area contributed by atoms with E-state index in [0.29, 0.717) is 0 Å². The van der Waals surface area contributed by atoms with Crippen LogP contribution in [0.25, 0.3) is 6.08 Å². The van der Waals surface area contributed by atoms with E-state index >= 15 is 0 Å². The Kier molecular flexibility index (Phi) is 4.32. The van der Waals surface area contributed by atoms with Crippen molar-refractivity contribution in [1.29, 1.82) is 0 Å². The van der Waals surface area contributed by atoms with Gasteiger partial charge in [0, 0.05) is 10.4 Å². The first-order valence-electron chi connectivity index (χ1n) is 5.89. The van der Waals surface area contributed by atoms with Gasteiger partial charge < -0.3 is 0 Å². The largest absolute Gasteiger partial charge is 0.295 e.